The fourth-order valence-corrected chi connectivity index (χ4v) is 2.00. The average Bonchev–Trinajstić information content (AvgIpc) is 2.47. The van der Waals surface area contributed by atoms with Gasteiger partial charge in [-0.1, -0.05) is 37.3 Å². The topological polar surface area (TPSA) is 102 Å². The van der Waals surface area contributed by atoms with Gasteiger partial charge in [0.05, 0.1) is 0 Å². The van der Waals surface area contributed by atoms with Crippen LogP contribution >= 0.6 is 0 Å². The van der Waals surface area contributed by atoms with Gasteiger partial charge in [-0.3, -0.25) is 0 Å². The molecule has 2 aromatic rings. The van der Waals surface area contributed by atoms with Crippen LogP contribution in [0.2, 0.25) is 0 Å². The van der Waals surface area contributed by atoms with Crippen molar-refractivity contribution in [1.82, 2.24) is 9.97 Å². The van der Waals surface area contributed by atoms with E-state index >= 15 is 0 Å². The fourth-order valence-electron chi connectivity index (χ4n) is 2.00. The predicted octanol–water partition coefficient (Wildman–Crippen LogP) is 1.95. The van der Waals surface area contributed by atoms with Gasteiger partial charge < -0.3 is 16.5 Å². The van der Waals surface area contributed by atoms with Gasteiger partial charge in [0.25, 0.3) is 0 Å². The molecule has 0 fully saturated rings. The largest absolute Gasteiger partial charge is 0.370 e. The van der Waals surface area contributed by atoms with Crippen molar-refractivity contribution in [2.24, 2.45) is 5.84 Å². The molecule has 1 atom stereocenters. The Morgan fingerprint density at radius 1 is 1.15 bits per heavy atom. The van der Waals surface area contributed by atoms with Crippen molar-refractivity contribution in [2.45, 2.75) is 19.3 Å². The van der Waals surface area contributed by atoms with E-state index in [4.69, 9.17) is 11.6 Å². The number of nitrogen functional groups attached to an aromatic ring is 2. The summed E-state index contributed by atoms with van der Waals surface area (Å²) < 4.78 is 0. The van der Waals surface area contributed by atoms with E-state index in [-0.39, 0.29) is 5.95 Å². The fraction of sp³-hybridized carbons (Fsp3) is 0.286. The summed E-state index contributed by atoms with van der Waals surface area (Å²) >= 11 is 0. The Kier molecular flexibility index (Phi) is 4.73. The summed E-state index contributed by atoms with van der Waals surface area (Å²) in [4.78, 5) is 8.05. The van der Waals surface area contributed by atoms with Crippen LogP contribution in [0, 0.1) is 0 Å². The molecule has 1 heterocycles. The number of nitrogens with zero attached hydrogens (tertiary/aromatic N) is 2. The summed E-state index contributed by atoms with van der Waals surface area (Å²) in [5.41, 5.74) is 9.40. The van der Waals surface area contributed by atoms with Gasteiger partial charge in [0.2, 0.25) is 5.95 Å². The first-order valence-corrected chi connectivity index (χ1v) is 6.59. The van der Waals surface area contributed by atoms with Crippen molar-refractivity contribution in [3.8, 4) is 0 Å². The van der Waals surface area contributed by atoms with Crippen LogP contribution < -0.4 is 22.3 Å². The molecular formula is C14H20N6. The first kappa shape index (κ1) is 14.1. The van der Waals surface area contributed by atoms with Gasteiger partial charge in [0.1, 0.15) is 11.6 Å². The molecule has 0 aliphatic carbocycles. The van der Waals surface area contributed by atoms with Crippen molar-refractivity contribution in [2.75, 3.05) is 23.0 Å². The second-order valence-electron chi connectivity index (χ2n) is 4.67. The molecule has 0 saturated carbocycles. The maximum atomic E-state index is 5.60. The number of nitrogens with two attached hydrogens (primary N) is 2. The lowest BCUT2D eigenvalue weighted by molar-refractivity contribution is 0.705. The van der Waals surface area contributed by atoms with Crippen LogP contribution in [-0.4, -0.2) is 16.5 Å². The predicted molar refractivity (Wildman–Crippen MR) is 82.2 cm³/mol. The number of aromatic nitrogens is 2. The Hall–Kier alpha value is -2.34. The second-order valence-corrected chi connectivity index (χ2v) is 4.67. The van der Waals surface area contributed by atoms with Crippen LogP contribution in [-0.2, 0) is 0 Å². The highest BCUT2D eigenvalue weighted by atomic mass is 15.3. The number of nitrogens with one attached hydrogen (secondary N) is 2. The summed E-state index contributed by atoms with van der Waals surface area (Å²) in [6.07, 6.45) is 0.999. The van der Waals surface area contributed by atoms with E-state index in [2.05, 4.69) is 51.9 Å². The Balaban J connectivity index is 1.88. The van der Waals surface area contributed by atoms with E-state index in [1.54, 1.807) is 6.07 Å². The molecule has 2 rings (SSSR count). The zero-order valence-electron chi connectivity index (χ0n) is 11.5. The molecule has 6 N–H and O–H groups in total. The number of anilines is 3. The third-order valence-electron chi connectivity index (χ3n) is 3.14. The molecule has 6 heteroatoms. The van der Waals surface area contributed by atoms with Crippen molar-refractivity contribution >= 4 is 17.6 Å². The lowest BCUT2D eigenvalue weighted by Gasteiger charge is -2.13. The van der Waals surface area contributed by atoms with Gasteiger partial charge in [-0.15, -0.1) is 0 Å². The highest BCUT2D eigenvalue weighted by molar-refractivity contribution is 5.50. The van der Waals surface area contributed by atoms with E-state index in [9.17, 15) is 0 Å². The molecule has 0 bridgehead atoms. The van der Waals surface area contributed by atoms with Crippen LogP contribution in [0.1, 0.15) is 24.8 Å². The molecule has 20 heavy (non-hydrogen) atoms. The highest BCUT2D eigenvalue weighted by Crippen LogP contribution is 2.19. The molecule has 0 radical (unpaired) electrons. The molecule has 6 nitrogen and oxygen atoms in total. The molecule has 0 aliphatic heterocycles. The van der Waals surface area contributed by atoms with E-state index in [0.717, 1.165) is 13.0 Å². The first-order valence-electron chi connectivity index (χ1n) is 6.59. The summed E-state index contributed by atoms with van der Waals surface area (Å²) in [5.74, 6) is 7.16. The zero-order chi connectivity index (χ0) is 14.4. The quantitative estimate of drug-likeness (QED) is 0.473. The van der Waals surface area contributed by atoms with Gasteiger partial charge in [-0.05, 0) is 17.9 Å². The molecule has 1 aromatic heterocycles. The molecule has 0 aliphatic rings. The van der Waals surface area contributed by atoms with Crippen LogP contribution in [0.4, 0.5) is 17.6 Å². The van der Waals surface area contributed by atoms with E-state index in [0.29, 0.717) is 17.6 Å². The van der Waals surface area contributed by atoms with Gasteiger partial charge in [-0.25, -0.2) is 5.84 Å². The number of hydrazine groups is 1. The van der Waals surface area contributed by atoms with Crippen molar-refractivity contribution in [3.63, 3.8) is 0 Å². The minimum absolute atomic E-state index is 0.194. The molecule has 1 aromatic carbocycles. The summed E-state index contributed by atoms with van der Waals surface area (Å²) in [7, 11) is 0. The minimum Gasteiger partial charge on any atom is -0.370 e. The van der Waals surface area contributed by atoms with Crippen LogP contribution in [0.5, 0.6) is 0 Å². The Labute approximate surface area is 118 Å². The molecular weight excluding hydrogens is 252 g/mol. The Morgan fingerprint density at radius 3 is 2.55 bits per heavy atom. The van der Waals surface area contributed by atoms with E-state index in [1.165, 1.54) is 5.56 Å². The summed E-state index contributed by atoms with van der Waals surface area (Å²) in [5, 5.41) is 3.23. The normalized spacial score (nSPS) is 11.9. The summed E-state index contributed by atoms with van der Waals surface area (Å²) in [6.45, 7) is 3.01. The van der Waals surface area contributed by atoms with E-state index in [1.807, 2.05) is 6.07 Å². The van der Waals surface area contributed by atoms with Crippen molar-refractivity contribution < 1.29 is 0 Å². The van der Waals surface area contributed by atoms with Gasteiger partial charge >= 0.3 is 0 Å². The van der Waals surface area contributed by atoms with Crippen LogP contribution in [0.3, 0.4) is 0 Å². The smallest absolute Gasteiger partial charge is 0.223 e. The second kappa shape index (κ2) is 6.72. The third-order valence-corrected chi connectivity index (χ3v) is 3.14. The molecule has 0 spiro atoms. The number of hydrogen-bond acceptors (Lipinski definition) is 6. The highest BCUT2D eigenvalue weighted by Gasteiger charge is 2.05. The van der Waals surface area contributed by atoms with Crippen molar-refractivity contribution in [3.05, 3.63) is 42.0 Å². The van der Waals surface area contributed by atoms with E-state index < -0.39 is 0 Å². The first-order chi connectivity index (χ1) is 9.69. The molecule has 0 saturated heterocycles. The number of hydrogen-bond donors (Lipinski definition) is 4. The number of benzene rings is 1. The standard InChI is InChI=1S/C14H20N6/c1-10(11-5-3-2-4-6-11)7-8-17-12-9-13(20-16)19-14(15)18-12/h2-6,9-10H,7-8,16H2,1H3,(H4,15,17,18,19,20). The minimum atomic E-state index is 0.194. The maximum absolute atomic E-state index is 5.60. The SMILES string of the molecule is CC(CCNc1cc(NN)nc(N)n1)c1ccccc1. The summed E-state index contributed by atoms with van der Waals surface area (Å²) in [6, 6.07) is 12.2. The van der Waals surface area contributed by atoms with Gasteiger partial charge in [-0.2, -0.15) is 9.97 Å². The van der Waals surface area contributed by atoms with Crippen LogP contribution in [0.15, 0.2) is 36.4 Å². The zero-order valence-corrected chi connectivity index (χ0v) is 11.5. The van der Waals surface area contributed by atoms with Gasteiger partial charge in [0.15, 0.2) is 0 Å². The van der Waals surface area contributed by atoms with Crippen molar-refractivity contribution in [1.29, 1.82) is 0 Å². The third kappa shape index (κ3) is 3.83. The molecule has 1 unspecified atom stereocenters. The Morgan fingerprint density at radius 2 is 1.85 bits per heavy atom. The lowest BCUT2D eigenvalue weighted by atomic mass is 9.98. The average molecular weight is 272 g/mol. The molecule has 106 valence electrons. The van der Waals surface area contributed by atoms with Gasteiger partial charge in [0, 0.05) is 12.6 Å². The lowest BCUT2D eigenvalue weighted by Crippen LogP contribution is -2.13. The maximum Gasteiger partial charge on any atom is 0.223 e. The monoisotopic (exact) mass is 272 g/mol. The Bertz CT molecular complexity index is 543. The molecule has 0 amide bonds. The van der Waals surface area contributed by atoms with Crippen LogP contribution in [0.25, 0.3) is 0 Å². The number of rotatable bonds is 6.